The molecule has 0 N–H and O–H groups in total. The summed E-state index contributed by atoms with van der Waals surface area (Å²) in [7, 11) is 2.42. The lowest BCUT2D eigenvalue weighted by Gasteiger charge is -2.12. The van der Waals surface area contributed by atoms with Crippen molar-refractivity contribution in [2.45, 2.75) is 0 Å². The minimum Gasteiger partial charge on any atom is -0.464 e. The number of hydrogen-bond donors (Lipinski definition) is 0. The van der Waals surface area contributed by atoms with E-state index in [1.165, 1.54) is 32.4 Å². The molecule has 6 heteroatoms. The number of nitrogens with zero attached hydrogens (tertiary/aromatic N) is 1. The molecule has 0 aliphatic heterocycles. The van der Waals surface area contributed by atoms with Crippen LogP contribution >= 0.6 is 0 Å². The van der Waals surface area contributed by atoms with Gasteiger partial charge in [-0.2, -0.15) is 0 Å². The number of rotatable bonds is 5. The van der Waals surface area contributed by atoms with E-state index in [4.69, 9.17) is 4.74 Å². The zero-order valence-electron chi connectivity index (χ0n) is 12.1. The first kappa shape index (κ1) is 15.5. The van der Waals surface area contributed by atoms with Crippen molar-refractivity contribution in [1.29, 1.82) is 0 Å². The third kappa shape index (κ3) is 3.41. The van der Waals surface area contributed by atoms with E-state index in [1.54, 1.807) is 24.3 Å². The minimum absolute atomic E-state index is 0.125. The zero-order chi connectivity index (χ0) is 15.9. The first-order valence-corrected chi connectivity index (χ1v) is 6.38. The normalized spacial score (nSPS) is 11.0. The number of methoxy groups -OCH3 is 1. The summed E-state index contributed by atoms with van der Waals surface area (Å²) in [6.07, 6.45) is 0. The van der Waals surface area contributed by atoms with Crippen LogP contribution in [0.5, 0.6) is 11.5 Å². The number of carbonyl (C=O) groups is 1. The van der Waals surface area contributed by atoms with E-state index >= 15 is 0 Å². The molecule has 0 unspecified atom stereocenters. The van der Waals surface area contributed by atoms with Crippen LogP contribution in [-0.4, -0.2) is 25.9 Å². The Kier molecular flexibility index (Phi) is 5.08. The Morgan fingerprint density at radius 2 is 1.77 bits per heavy atom. The number of hydrogen-bond acceptors (Lipinski definition) is 5. The Hall–Kier alpha value is -2.89. The highest BCUT2D eigenvalue weighted by Gasteiger charge is 2.24. The van der Waals surface area contributed by atoms with Crippen LogP contribution in [0, 0.1) is 5.82 Å². The average molecular weight is 303 g/mol. The van der Waals surface area contributed by atoms with E-state index in [0.717, 1.165) is 0 Å². The molecule has 114 valence electrons. The van der Waals surface area contributed by atoms with E-state index in [1.807, 2.05) is 6.07 Å². The van der Waals surface area contributed by atoms with Crippen molar-refractivity contribution in [2.24, 2.45) is 5.16 Å². The second kappa shape index (κ2) is 7.21. The standard InChI is InChI=1S/C16H14FNO4/c1-20-16(19)15(18-21-2)14-12(17)9-6-10-13(14)22-11-7-4-3-5-8-11/h3-10H,1-2H3. The van der Waals surface area contributed by atoms with E-state index < -0.39 is 11.8 Å². The molecule has 0 aromatic heterocycles. The van der Waals surface area contributed by atoms with Crippen LogP contribution in [0.4, 0.5) is 4.39 Å². The maximum Gasteiger partial charge on any atom is 0.361 e. The molecule has 0 aliphatic rings. The average Bonchev–Trinajstić information content (AvgIpc) is 2.54. The fraction of sp³-hybridized carbons (Fsp3) is 0.125. The molecule has 0 saturated carbocycles. The molecule has 22 heavy (non-hydrogen) atoms. The lowest BCUT2D eigenvalue weighted by atomic mass is 10.1. The molecule has 0 heterocycles. The molecule has 0 fully saturated rings. The fourth-order valence-corrected chi connectivity index (χ4v) is 1.81. The Morgan fingerprint density at radius 3 is 2.41 bits per heavy atom. The van der Waals surface area contributed by atoms with Crippen molar-refractivity contribution in [3.8, 4) is 11.5 Å². The van der Waals surface area contributed by atoms with Crippen LogP contribution in [0.1, 0.15) is 5.56 Å². The summed E-state index contributed by atoms with van der Waals surface area (Å²) >= 11 is 0. The number of halogens is 1. The molecular weight excluding hydrogens is 289 g/mol. The SMILES string of the molecule is CON=C(C(=O)OC)c1c(F)cccc1Oc1ccccc1. The van der Waals surface area contributed by atoms with Crippen LogP contribution in [0.3, 0.4) is 0 Å². The van der Waals surface area contributed by atoms with E-state index in [2.05, 4.69) is 14.7 Å². The van der Waals surface area contributed by atoms with Gasteiger partial charge in [0.25, 0.3) is 0 Å². The van der Waals surface area contributed by atoms with Crippen molar-refractivity contribution >= 4 is 11.7 Å². The molecule has 0 spiro atoms. The second-order valence-electron chi connectivity index (χ2n) is 4.14. The number of ether oxygens (including phenoxy) is 2. The highest BCUT2D eigenvalue weighted by Crippen LogP contribution is 2.28. The van der Waals surface area contributed by atoms with Crippen molar-refractivity contribution in [3.05, 3.63) is 59.9 Å². The van der Waals surface area contributed by atoms with Crippen LogP contribution < -0.4 is 4.74 Å². The first-order valence-electron chi connectivity index (χ1n) is 6.38. The predicted octanol–water partition coefficient (Wildman–Crippen LogP) is 3.14. The summed E-state index contributed by atoms with van der Waals surface area (Å²) in [6.45, 7) is 0. The topological polar surface area (TPSA) is 57.1 Å². The Morgan fingerprint density at radius 1 is 1.05 bits per heavy atom. The predicted molar refractivity (Wildman–Crippen MR) is 78.5 cm³/mol. The molecule has 2 aromatic rings. The molecule has 2 aromatic carbocycles. The highest BCUT2D eigenvalue weighted by molar-refractivity contribution is 6.43. The van der Waals surface area contributed by atoms with Gasteiger partial charge in [-0.3, -0.25) is 0 Å². The van der Waals surface area contributed by atoms with Gasteiger partial charge in [-0.05, 0) is 24.3 Å². The van der Waals surface area contributed by atoms with Gasteiger partial charge in [0.15, 0.2) is 0 Å². The Bertz CT molecular complexity index is 686. The number of carbonyl (C=O) groups excluding carboxylic acids is 1. The lowest BCUT2D eigenvalue weighted by molar-refractivity contribution is -0.132. The summed E-state index contributed by atoms with van der Waals surface area (Å²) in [6, 6.07) is 13.0. The molecular formula is C16H14FNO4. The molecule has 0 atom stereocenters. The second-order valence-corrected chi connectivity index (χ2v) is 4.14. The van der Waals surface area contributed by atoms with Crippen LogP contribution in [0.15, 0.2) is 53.7 Å². The van der Waals surface area contributed by atoms with Crippen molar-refractivity contribution in [2.75, 3.05) is 14.2 Å². The van der Waals surface area contributed by atoms with Gasteiger partial charge in [0.05, 0.1) is 12.7 Å². The van der Waals surface area contributed by atoms with Gasteiger partial charge in [0.2, 0.25) is 5.71 Å². The van der Waals surface area contributed by atoms with Crippen molar-refractivity contribution < 1.29 is 23.5 Å². The number of benzene rings is 2. The molecule has 5 nitrogen and oxygen atoms in total. The maximum atomic E-state index is 14.2. The largest absolute Gasteiger partial charge is 0.464 e. The Labute approximate surface area is 126 Å². The molecule has 2 rings (SSSR count). The van der Waals surface area contributed by atoms with Gasteiger partial charge >= 0.3 is 5.97 Å². The van der Waals surface area contributed by atoms with Gasteiger partial charge in [0, 0.05) is 0 Å². The van der Waals surface area contributed by atoms with E-state index in [9.17, 15) is 9.18 Å². The van der Waals surface area contributed by atoms with Gasteiger partial charge < -0.3 is 14.3 Å². The zero-order valence-corrected chi connectivity index (χ0v) is 12.1. The summed E-state index contributed by atoms with van der Waals surface area (Å²) in [5.74, 6) is -0.872. The smallest absolute Gasteiger partial charge is 0.361 e. The highest BCUT2D eigenvalue weighted by atomic mass is 19.1. The van der Waals surface area contributed by atoms with Crippen molar-refractivity contribution in [3.63, 3.8) is 0 Å². The van der Waals surface area contributed by atoms with Crippen molar-refractivity contribution in [1.82, 2.24) is 0 Å². The summed E-state index contributed by atoms with van der Waals surface area (Å²) < 4.78 is 24.4. The summed E-state index contributed by atoms with van der Waals surface area (Å²) in [5, 5.41) is 3.55. The van der Waals surface area contributed by atoms with Gasteiger partial charge in [-0.15, -0.1) is 0 Å². The fourth-order valence-electron chi connectivity index (χ4n) is 1.81. The van der Waals surface area contributed by atoms with Crippen LogP contribution in [-0.2, 0) is 14.4 Å². The maximum absolute atomic E-state index is 14.2. The molecule has 0 amide bonds. The Balaban J connectivity index is 2.50. The van der Waals surface area contributed by atoms with Crippen LogP contribution in [0.25, 0.3) is 0 Å². The number of esters is 1. The van der Waals surface area contributed by atoms with E-state index in [0.29, 0.717) is 5.75 Å². The third-order valence-corrected chi connectivity index (χ3v) is 2.74. The van der Waals surface area contributed by atoms with E-state index in [-0.39, 0.29) is 17.0 Å². The monoisotopic (exact) mass is 303 g/mol. The number of para-hydroxylation sites is 1. The molecule has 0 bridgehead atoms. The van der Waals surface area contributed by atoms with Crippen LogP contribution in [0.2, 0.25) is 0 Å². The van der Waals surface area contributed by atoms with Gasteiger partial charge in [0.1, 0.15) is 24.4 Å². The summed E-state index contributed by atoms with van der Waals surface area (Å²) in [4.78, 5) is 16.4. The van der Waals surface area contributed by atoms with Gasteiger partial charge in [-0.25, -0.2) is 9.18 Å². The molecule has 0 saturated heterocycles. The first-order chi connectivity index (χ1) is 10.7. The quantitative estimate of drug-likeness (QED) is 0.484. The van der Waals surface area contributed by atoms with Gasteiger partial charge in [-0.1, -0.05) is 29.4 Å². The lowest BCUT2D eigenvalue weighted by Crippen LogP contribution is -2.19. The minimum atomic E-state index is -0.829. The molecule has 0 radical (unpaired) electrons. The third-order valence-electron chi connectivity index (χ3n) is 2.74. The molecule has 0 aliphatic carbocycles. The number of oxime groups is 1. The summed E-state index contributed by atoms with van der Waals surface area (Å²) in [5.41, 5.74) is -0.436.